The molecule has 0 saturated heterocycles. The summed E-state index contributed by atoms with van der Waals surface area (Å²) in [5, 5.41) is 0.669. The number of hydrogen-bond acceptors (Lipinski definition) is 3. The lowest BCUT2D eigenvalue weighted by Crippen LogP contribution is -2.19. The van der Waals surface area contributed by atoms with Crippen molar-refractivity contribution in [1.82, 2.24) is 0 Å². The third-order valence-electron chi connectivity index (χ3n) is 2.96. The van der Waals surface area contributed by atoms with Crippen LogP contribution >= 0.6 is 11.6 Å². The van der Waals surface area contributed by atoms with Crippen LogP contribution in [0.5, 0.6) is 5.75 Å². The highest BCUT2D eigenvalue weighted by Gasteiger charge is 2.18. The normalized spacial score (nSPS) is 15.9. The van der Waals surface area contributed by atoms with Gasteiger partial charge >= 0.3 is 0 Å². The smallest absolute Gasteiger partial charge is 0.125 e. The van der Waals surface area contributed by atoms with Gasteiger partial charge in [-0.3, -0.25) is 4.84 Å². The fraction of sp³-hybridized carbons (Fsp3) is 0.500. The summed E-state index contributed by atoms with van der Waals surface area (Å²) in [6.45, 7) is 1.10. The van der Waals surface area contributed by atoms with E-state index < -0.39 is 0 Å². The topological polar surface area (TPSA) is 44.5 Å². The molecule has 1 aliphatic rings. The van der Waals surface area contributed by atoms with Crippen LogP contribution < -0.4 is 10.6 Å². The maximum atomic E-state index is 5.90. The fourth-order valence-electron chi connectivity index (χ4n) is 1.76. The molecular weight excluding hydrogens is 226 g/mol. The van der Waals surface area contributed by atoms with Crippen molar-refractivity contribution in [1.29, 1.82) is 0 Å². The zero-order valence-corrected chi connectivity index (χ0v) is 9.87. The highest BCUT2D eigenvalue weighted by Crippen LogP contribution is 2.29. The van der Waals surface area contributed by atoms with Gasteiger partial charge < -0.3 is 4.74 Å². The van der Waals surface area contributed by atoms with Gasteiger partial charge in [0.1, 0.15) is 5.75 Å². The molecule has 0 aliphatic heterocycles. The predicted octanol–water partition coefficient (Wildman–Crippen LogP) is 2.91. The van der Waals surface area contributed by atoms with Gasteiger partial charge in [-0.05, 0) is 37.0 Å². The number of halogens is 1. The van der Waals surface area contributed by atoms with Crippen LogP contribution in [0.15, 0.2) is 18.2 Å². The van der Waals surface area contributed by atoms with E-state index in [1.807, 2.05) is 18.2 Å². The van der Waals surface area contributed by atoms with Crippen LogP contribution in [0.2, 0.25) is 5.02 Å². The van der Waals surface area contributed by atoms with Gasteiger partial charge in [0.05, 0.1) is 13.2 Å². The molecule has 1 fully saturated rings. The molecule has 16 heavy (non-hydrogen) atoms. The lowest BCUT2D eigenvalue weighted by Gasteiger charge is -2.25. The Hall–Kier alpha value is -0.770. The van der Waals surface area contributed by atoms with Crippen LogP contribution in [0.4, 0.5) is 0 Å². The zero-order chi connectivity index (χ0) is 11.4. The molecule has 88 valence electrons. The van der Waals surface area contributed by atoms with Crippen LogP contribution in [0.3, 0.4) is 0 Å². The van der Waals surface area contributed by atoms with Crippen LogP contribution in [-0.4, -0.2) is 6.61 Å². The Kier molecular flexibility index (Phi) is 4.04. The molecule has 0 atom stereocenters. The van der Waals surface area contributed by atoms with Crippen LogP contribution in [0.1, 0.15) is 24.8 Å². The second-order valence-corrected chi connectivity index (χ2v) is 4.61. The van der Waals surface area contributed by atoms with Crippen molar-refractivity contribution in [2.75, 3.05) is 6.61 Å². The first-order valence-corrected chi connectivity index (χ1v) is 5.90. The van der Waals surface area contributed by atoms with Gasteiger partial charge in [0, 0.05) is 10.6 Å². The predicted molar refractivity (Wildman–Crippen MR) is 63.3 cm³/mol. The molecule has 3 nitrogen and oxygen atoms in total. The van der Waals surface area contributed by atoms with E-state index >= 15 is 0 Å². The summed E-state index contributed by atoms with van der Waals surface area (Å²) in [6.07, 6.45) is 3.88. The van der Waals surface area contributed by atoms with Crippen LogP contribution in [-0.2, 0) is 11.4 Å². The SMILES string of the molecule is NOCc1cc(Cl)ccc1OCC1CCC1. The molecule has 0 amide bonds. The van der Waals surface area contributed by atoms with Crippen molar-refractivity contribution in [2.24, 2.45) is 11.8 Å². The maximum Gasteiger partial charge on any atom is 0.125 e. The number of ether oxygens (including phenoxy) is 1. The Morgan fingerprint density at radius 3 is 2.81 bits per heavy atom. The van der Waals surface area contributed by atoms with Crippen molar-refractivity contribution in [3.8, 4) is 5.75 Å². The first-order valence-electron chi connectivity index (χ1n) is 5.52. The molecule has 1 saturated carbocycles. The van der Waals surface area contributed by atoms with E-state index in [1.54, 1.807) is 0 Å². The minimum atomic E-state index is 0.320. The van der Waals surface area contributed by atoms with E-state index in [-0.39, 0.29) is 0 Å². The molecule has 1 aromatic carbocycles. The summed E-state index contributed by atoms with van der Waals surface area (Å²) in [5.41, 5.74) is 0.898. The van der Waals surface area contributed by atoms with Gasteiger partial charge in [-0.1, -0.05) is 18.0 Å². The van der Waals surface area contributed by atoms with Crippen LogP contribution in [0, 0.1) is 5.92 Å². The van der Waals surface area contributed by atoms with Crippen molar-refractivity contribution >= 4 is 11.6 Å². The minimum absolute atomic E-state index is 0.320. The standard InChI is InChI=1S/C12H16ClNO2/c13-11-4-5-12(10(6-11)8-16-14)15-7-9-2-1-3-9/h4-6,9H,1-3,7-8,14H2. The first kappa shape index (κ1) is 11.7. The van der Waals surface area contributed by atoms with Crippen LogP contribution in [0.25, 0.3) is 0 Å². The molecule has 1 aliphatic carbocycles. The Labute approximate surface area is 100 Å². The molecule has 0 radical (unpaired) electrons. The molecule has 0 heterocycles. The van der Waals surface area contributed by atoms with E-state index in [9.17, 15) is 0 Å². The summed E-state index contributed by atoms with van der Waals surface area (Å²) >= 11 is 5.90. The Morgan fingerprint density at radius 1 is 1.38 bits per heavy atom. The highest BCUT2D eigenvalue weighted by molar-refractivity contribution is 6.30. The summed E-state index contributed by atoms with van der Waals surface area (Å²) in [7, 11) is 0. The second kappa shape index (κ2) is 5.53. The van der Waals surface area contributed by atoms with Crippen molar-refractivity contribution in [3.63, 3.8) is 0 Å². The molecule has 0 unspecified atom stereocenters. The number of rotatable bonds is 5. The van der Waals surface area contributed by atoms with Gasteiger partial charge in [-0.25, -0.2) is 5.90 Å². The Balaban J connectivity index is 1.99. The van der Waals surface area contributed by atoms with E-state index in [1.165, 1.54) is 19.3 Å². The molecule has 0 spiro atoms. The van der Waals surface area contributed by atoms with Crippen molar-refractivity contribution < 1.29 is 9.57 Å². The Morgan fingerprint density at radius 2 is 2.19 bits per heavy atom. The summed E-state index contributed by atoms with van der Waals surface area (Å²) in [6, 6.07) is 5.51. The van der Waals surface area contributed by atoms with Crippen molar-refractivity contribution in [2.45, 2.75) is 25.9 Å². The largest absolute Gasteiger partial charge is 0.493 e. The summed E-state index contributed by atoms with van der Waals surface area (Å²) < 4.78 is 5.75. The maximum absolute atomic E-state index is 5.90. The summed E-state index contributed by atoms with van der Waals surface area (Å²) in [5.74, 6) is 6.61. The monoisotopic (exact) mass is 241 g/mol. The minimum Gasteiger partial charge on any atom is -0.493 e. The lowest BCUT2D eigenvalue weighted by atomic mass is 9.86. The average molecular weight is 242 g/mol. The third kappa shape index (κ3) is 2.88. The molecular formula is C12H16ClNO2. The second-order valence-electron chi connectivity index (χ2n) is 4.17. The van der Waals surface area contributed by atoms with Gasteiger partial charge in [0.25, 0.3) is 0 Å². The van der Waals surface area contributed by atoms with Gasteiger partial charge in [-0.2, -0.15) is 0 Å². The summed E-state index contributed by atoms with van der Waals surface area (Å²) in [4.78, 5) is 4.63. The highest BCUT2D eigenvalue weighted by atomic mass is 35.5. The molecule has 0 aromatic heterocycles. The van der Waals surface area contributed by atoms with Gasteiger partial charge in [0.15, 0.2) is 0 Å². The van der Waals surface area contributed by atoms with Gasteiger partial charge in [-0.15, -0.1) is 0 Å². The van der Waals surface area contributed by atoms with E-state index in [2.05, 4.69) is 4.84 Å². The fourth-order valence-corrected chi connectivity index (χ4v) is 1.95. The van der Waals surface area contributed by atoms with E-state index in [0.29, 0.717) is 17.5 Å². The molecule has 4 heteroatoms. The molecule has 1 aromatic rings. The van der Waals surface area contributed by atoms with E-state index in [4.69, 9.17) is 22.2 Å². The number of hydrogen-bond donors (Lipinski definition) is 1. The zero-order valence-electron chi connectivity index (χ0n) is 9.12. The molecule has 0 bridgehead atoms. The first-order chi connectivity index (χ1) is 7.79. The molecule has 2 rings (SSSR count). The van der Waals surface area contributed by atoms with Gasteiger partial charge in [0.2, 0.25) is 0 Å². The Bertz CT molecular complexity index is 353. The van der Waals surface area contributed by atoms with Crippen molar-refractivity contribution in [3.05, 3.63) is 28.8 Å². The lowest BCUT2D eigenvalue weighted by molar-refractivity contribution is 0.118. The molecule has 2 N–H and O–H groups in total. The average Bonchev–Trinajstić information content (AvgIpc) is 2.19. The van der Waals surface area contributed by atoms with E-state index in [0.717, 1.165) is 17.9 Å². The number of nitrogens with two attached hydrogens (primary N) is 1. The number of benzene rings is 1. The quantitative estimate of drug-likeness (QED) is 0.807. The third-order valence-corrected chi connectivity index (χ3v) is 3.20.